The van der Waals surface area contributed by atoms with Crippen LogP contribution in [-0.2, 0) is 6.54 Å². The average molecular weight is 250 g/mol. The molecule has 2 aromatic heterocycles. The van der Waals surface area contributed by atoms with Gasteiger partial charge in [-0.05, 0) is 42.1 Å². The molecule has 0 spiro atoms. The Morgan fingerprint density at radius 3 is 3.12 bits per heavy atom. The number of hydrogen-bond donors (Lipinski definition) is 1. The van der Waals surface area contributed by atoms with Crippen LogP contribution in [0.2, 0.25) is 0 Å². The smallest absolute Gasteiger partial charge is 0.107 e. The van der Waals surface area contributed by atoms with E-state index >= 15 is 0 Å². The number of hydrogen-bond acceptors (Lipinski definition) is 4. The minimum atomic E-state index is 0.922. The molecule has 4 heteroatoms. The van der Waals surface area contributed by atoms with Gasteiger partial charge in [-0.25, -0.2) is 4.98 Å². The predicted octanol–water partition coefficient (Wildman–Crippen LogP) is 3.37. The molecule has 84 valence electrons. The Labute approximate surface area is 103 Å². The molecule has 1 N–H and O–H groups in total. The monoisotopic (exact) mass is 250 g/mol. The third kappa shape index (κ3) is 2.51. The number of rotatable bonds is 5. The van der Waals surface area contributed by atoms with E-state index in [1.807, 2.05) is 6.20 Å². The highest BCUT2D eigenvalue weighted by atomic mass is 32.1. The van der Waals surface area contributed by atoms with Gasteiger partial charge >= 0.3 is 0 Å². The van der Waals surface area contributed by atoms with Crippen LogP contribution in [0, 0.1) is 5.92 Å². The third-order valence-corrected chi connectivity index (χ3v) is 4.50. The van der Waals surface area contributed by atoms with Gasteiger partial charge in [-0.15, -0.1) is 11.3 Å². The third-order valence-electron chi connectivity index (χ3n) is 2.77. The van der Waals surface area contributed by atoms with Crippen LogP contribution in [0.3, 0.4) is 0 Å². The Balaban J connectivity index is 1.59. The molecule has 0 aromatic carbocycles. The summed E-state index contributed by atoms with van der Waals surface area (Å²) in [5.41, 5.74) is 1.30. The van der Waals surface area contributed by atoms with Gasteiger partial charge in [-0.1, -0.05) is 0 Å². The summed E-state index contributed by atoms with van der Waals surface area (Å²) < 4.78 is 0. The molecular weight excluding hydrogens is 236 g/mol. The van der Waals surface area contributed by atoms with Crippen molar-refractivity contribution >= 4 is 22.7 Å². The molecule has 0 radical (unpaired) electrons. The van der Waals surface area contributed by atoms with Gasteiger partial charge < -0.3 is 5.32 Å². The van der Waals surface area contributed by atoms with Crippen molar-refractivity contribution in [3.05, 3.63) is 28.0 Å². The van der Waals surface area contributed by atoms with Gasteiger partial charge in [-0.3, -0.25) is 0 Å². The fourth-order valence-electron chi connectivity index (χ4n) is 1.64. The van der Waals surface area contributed by atoms with E-state index in [1.165, 1.54) is 28.3 Å². The zero-order chi connectivity index (χ0) is 10.8. The average Bonchev–Trinajstić information content (AvgIpc) is 2.83. The highest BCUT2D eigenvalue weighted by molar-refractivity contribution is 7.15. The summed E-state index contributed by atoms with van der Waals surface area (Å²) in [5, 5.41) is 8.96. The van der Waals surface area contributed by atoms with Crippen molar-refractivity contribution in [3.63, 3.8) is 0 Å². The number of thiazole rings is 1. The van der Waals surface area contributed by atoms with Gasteiger partial charge in [0.1, 0.15) is 5.01 Å². The van der Waals surface area contributed by atoms with Crippen LogP contribution in [0.1, 0.15) is 17.8 Å². The first-order chi connectivity index (χ1) is 7.92. The lowest BCUT2D eigenvalue weighted by molar-refractivity contribution is 0.637. The molecule has 0 unspecified atom stereocenters. The van der Waals surface area contributed by atoms with Crippen molar-refractivity contribution < 1.29 is 0 Å². The van der Waals surface area contributed by atoms with Crippen LogP contribution in [0.5, 0.6) is 0 Å². The van der Waals surface area contributed by atoms with Crippen molar-refractivity contribution in [3.8, 4) is 10.4 Å². The molecule has 16 heavy (non-hydrogen) atoms. The second-order valence-electron chi connectivity index (χ2n) is 4.20. The SMILES string of the molecule is c1cc(-c2cnc(CNCC3CC3)s2)cs1. The molecule has 2 nitrogen and oxygen atoms in total. The molecule has 0 saturated heterocycles. The van der Waals surface area contributed by atoms with Crippen molar-refractivity contribution in [1.82, 2.24) is 10.3 Å². The van der Waals surface area contributed by atoms with E-state index in [0.717, 1.165) is 19.0 Å². The maximum absolute atomic E-state index is 4.45. The Morgan fingerprint density at radius 1 is 1.44 bits per heavy atom. The molecule has 2 aromatic rings. The van der Waals surface area contributed by atoms with Gasteiger partial charge in [0.15, 0.2) is 0 Å². The van der Waals surface area contributed by atoms with E-state index in [0.29, 0.717) is 0 Å². The molecule has 1 aliphatic carbocycles. The van der Waals surface area contributed by atoms with Crippen molar-refractivity contribution in [1.29, 1.82) is 0 Å². The standard InChI is InChI=1S/C12H14N2S2/c1-2-9(1)5-13-7-12-14-6-11(16-12)10-3-4-15-8-10/h3-4,6,8-9,13H,1-2,5,7H2. The second-order valence-corrected chi connectivity index (χ2v) is 6.10. The lowest BCUT2D eigenvalue weighted by Crippen LogP contribution is -2.15. The van der Waals surface area contributed by atoms with E-state index in [-0.39, 0.29) is 0 Å². The van der Waals surface area contributed by atoms with Gasteiger partial charge in [0.05, 0.1) is 4.88 Å². The Morgan fingerprint density at radius 2 is 2.38 bits per heavy atom. The van der Waals surface area contributed by atoms with Gasteiger partial charge in [0, 0.05) is 18.3 Å². The number of nitrogens with zero attached hydrogens (tertiary/aromatic N) is 1. The molecule has 1 aliphatic rings. The molecule has 1 fully saturated rings. The summed E-state index contributed by atoms with van der Waals surface area (Å²) >= 11 is 3.53. The van der Waals surface area contributed by atoms with Gasteiger partial charge in [0.25, 0.3) is 0 Å². The molecule has 2 heterocycles. The highest BCUT2D eigenvalue weighted by Gasteiger charge is 2.20. The molecule has 0 atom stereocenters. The zero-order valence-corrected chi connectivity index (χ0v) is 10.6. The summed E-state index contributed by atoms with van der Waals surface area (Å²) in [4.78, 5) is 5.73. The van der Waals surface area contributed by atoms with Crippen LogP contribution >= 0.6 is 22.7 Å². The predicted molar refractivity (Wildman–Crippen MR) is 69.9 cm³/mol. The summed E-state index contributed by atoms with van der Waals surface area (Å²) in [5.74, 6) is 0.941. The lowest BCUT2D eigenvalue weighted by Gasteiger charge is -1.98. The van der Waals surface area contributed by atoms with Crippen molar-refractivity contribution in [2.45, 2.75) is 19.4 Å². The molecule has 0 bridgehead atoms. The molecular formula is C12H14N2S2. The number of aromatic nitrogens is 1. The van der Waals surface area contributed by atoms with Crippen LogP contribution in [-0.4, -0.2) is 11.5 Å². The first kappa shape index (κ1) is 10.4. The fourth-order valence-corrected chi connectivity index (χ4v) is 3.25. The molecule has 0 aliphatic heterocycles. The maximum Gasteiger partial charge on any atom is 0.107 e. The van der Waals surface area contributed by atoms with E-state index in [4.69, 9.17) is 0 Å². The van der Waals surface area contributed by atoms with Crippen LogP contribution in [0.25, 0.3) is 10.4 Å². The van der Waals surface area contributed by atoms with E-state index in [2.05, 4.69) is 27.1 Å². The van der Waals surface area contributed by atoms with E-state index in [1.54, 1.807) is 22.7 Å². The Bertz CT molecular complexity index is 443. The van der Waals surface area contributed by atoms with E-state index < -0.39 is 0 Å². The van der Waals surface area contributed by atoms with Gasteiger partial charge in [0.2, 0.25) is 0 Å². The number of thiophene rings is 1. The first-order valence-electron chi connectivity index (χ1n) is 5.60. The second kappa shape index (κ2) is 4.65. The van der Waals surface area contributed by atoms with Crippen molar-refractivity contribution in [2.75, 3.05) is 6.54 Å². The van der Waals surface area contributed by atoms with Crippen LogP contribution in [0.15, 0.2) is 23.0 Å². The number of nitrogens with one attached hydrogen (secondary N) is 1. The Kier molecular flexibility index (Phi) is 3.04. The van der Waals surface area contributed by atoms with E-state index in [9.17, 15) is 0 Å². The highest BCUT2D eigenvalue weighted by Crippen LogP contribution is 2.29. The minimum absolute atomic E-state index is 0.922. The summed E-state index contributed by atoms with van der Waals surface area (Å²) in [6.07, 6.45) is 4.80. The maximum atomic E-state index is 4.45. The lowest BCUT2D eigenvalue weighted by atomic mass is 10.3. The molecule has 1 saturated carbocycles. The Hall–Kier alpha value is -0.710. The molecule has 0 amide bonds. The summed E-state index contributed by atoms with van der Waals surface area (Å²) in [6.45, 7) is 2.08. The zero-order valence-electron chi connectivity index (χ0n) is 8.98. The normalized spacial score (nSPS) is 15.5. The van der Waals surface area contributed by atoms with Gasteiger partial charge in [-0.2, -0.15) is 11.3 Å². The quantitative estimate of drug-likeness (QED) is 0.880. The fraction of sp³-hybridized carbons (Fsp3) is 0.417. The first-order valence-corrected chi connectivity index (χ1v) is 7.36. The largest absolute Gasteiger partial charge is 0.310 e. The molecule has 3 rings (SSSR count). The van der Waals surface area contributed by atoms with Crippen LogP contribution < -0.4 is 5.32 Å². The van der Waals surface area contributed by atoms with Crippen LogP contribution in [0.4, 0.5) is 0 Å². The topological polar surface area (TPSA) is 24.9 Å². The van der Waals surface area contributed by atoms with Crippen molar-refractivity contribution in [2.24, 2.45) is 5.92 Å². The summed E-state index contributed by atoms with van der Waals surface area (Å²) in [7, 11) is 0. The summed E-state index contributed by atoms with van der Waals surface area (Å²) in [6, 6.07) is 2.15. The minimum Gasteiger partial charge on any atom is -0.310 e.